The van der Waals surface area contributed by atoms with Crippen molar-refractivity contribution in [1.29, 1.82) is 0 Å². The quantitative estimate of drug-likeness (QED) is 0.731. The van der Waals surface area contributed by atoms with Crippen LogP contribution in [0.15, 0.2) is 45.7 Å². The lowest BCUT2D eigenvalue weighted by atomic mass is 10.1. The van der Waals surface area contributed by atoms with Crippen molar-refractivity contribution in [2.24, 2.45) is 0 Å². The van der Waals surface area contributed by atoms with Crippen LogP contribution in [0.1, 0.15) is 5.56 Å². The van der Waals surface area contributed by atoms with Crippen LogP contribution in [0.25, 0.3) is 22.8 Å². The topological polar surface area (TPSA) is 78.1 Å². The highest BCUT2D eigenvalue weighted by Crippen LogP contribution is 2.34. The van der Waals surface area contributed by atoms with Crippen molar-refractivity contribution in [3.8, 4) is 22.8 Å². The van der Waals surface area contributed by atoms with Crippen LogP contribution in [0.3, 0.4) is 0 Å². The molecule has 5 nitrogen and oxygen atoms in total. The molecule has 3 rings (SSSR count). The average molecular weight is 295 g/mol. The molecule has 0 radical (unpaired) electrons. The van der Waals surface area contributed by atoms with Gasteiger partial charge in [0, 0.05) is 11.3 Å². The van der Waals surface area contributed by atoms with E-state index in [0.717, 1.165) is 12.1 Å². The van der Waals surface area contributed by atoms with Gasteiger partial charge in [0.05, 0.1) is 17.4 Å². The normalized spacial score (nSPS) is 11.8. The van der Waals surface area contributed by atoms with Gasteiger partial charge in [-0.3, -0.25) is 0 Å². The molecule has 0 atom stereocenters. The number of halogens is 3. The third-order valence-corrected chi connectivity index (χ3v) is 2.74. The Hall–Kier alpha value is -2.77. The zero-order valence-electron chi connectivity index (χ0n) is 10.4. The summed E-state index contributed by atoms with van der Waals surface area (Å²) in [4.78, 5) is 4.03. The van der Waals surface area contributed by atoms with Crippen LogP contribution in [0.5, 0.6) is 0 Å². The molecule has 108 valence electrons. The summed E-state index contributed by atoms with van der Waals surface area (Å²) < 4.78 is 48.1. The van der Waals surface area contributed by atoms with E-state index in [4.69, 9.17) is 14.7 Å². The first-order chi connectivity index (χ1) is 9.93. The molecule has 0 unspecified atom stereocenters. The number of nitrogens with zero attached hydrogens (tertiary/aromatic N) is 2. The van der Waals surface area contributed by atoms with Gasteiger partial charge in [-0.15, -0.1) is 0 Å². The molecule has 1 aromatic carbocycles. The number of alkyl halides is 3. The average Bonchev–Trinajstić information content (AvgIpc) is 3.08. The molecule has 2 N–H and O–H groups in total. The van der Waals surface area contributed by atoms with Crippen LogP contribution < -0.4 is 5.73 Å². The van der Waals surface area contributed by atoms with E-state index in [9.17, 15) is 13.2 Å². The molecule has 8 heteroatoms. The van der Waals surface area contributed by atoms with Gasteiger partial charge in [0.1, 0.15) is 6.26 Å². The fourth-order valence-corrected chi connectivity index (χ4v) is 1.79. The second-order valence-corrected chi connectivity index (χ2v) is 4.28. The zero-order valence-corrected chi connectivity index (χ0v) is 10.4. The molecule has 2 aromatic heterocycles. The van der Waals surface area contributed by atoms with E-state index in [1.807, 2.05) is 0 Å². The van der Waals surface area contributed by atoms with E-state index in [0.29, 0.717) is 5.56 Å². The highest BCUT2D eigenvalue weighted by Gasteiger charge is 2.31. The highest BCUT2D eigenvalue weighted by molar-refractivity contribution is 5.64. The van der Waals surface area contributed by atoms with Crippen molar-refractivity contribution < 1.29 is 22.1 Å². The van der Waals surface area contributed by atoms with Crippen molar-refractivity contribution in [3.63, 3.8) is 0 Å². The minimum Gasteiger partial charge on any atom is -0.472 e. The fourth-order valence-electron chi connectivity index (χ4n) is 1.79. The Labute approximate surface area is 116 Å². The number of furan rings is 1. The molecule has 0 bridgehead atoms. The Morgan fingerprint density at radius 3 is 2.57 bits per heavy atom. The van der Waals surface area contributed by atoms with Gasteiger partial charge in [0.2, 0.25) is 5.82 Å². The molecule has 21 heavy (non-hydrogen) atoms. The van der Waals surface area contributed by atoms with E-state index in [1.54, 1.807) is 6.07 Å². The van der Waals surface area contributed by atoms with Gasteiger partial charge in [-0.1, -0.05) is 5.16 Å². The molecule has 0 spiro atoms. The monoisotopic (exact) mass is 295 g/mol. The third kappa shape index (κ3) is 2.60. The number of nitrogens with two attached hydrogens (primary N) is 1. The van der Waals surface area contributed by atoms with Gasteiger partial charge >= 0.3 is 6.18 Å². The first-order valence-corrected chi connectivity index (χ1v) is 5.78. The number of hydrogen-bond donors (Lipinski definition) is 1. The van der Waals surface area contributed by atoms with Gasteiger partial charge < -0.3 is 14.7 Å². The first kappa shape index (κ1) is 13.2. The van der Waals surface area contributed by atoms with Crippen molar-refractivity contribution in [2.45, 2.75) is 6.18 Å². The van der Waals surface area contributed by atoms with Crippen molar-refractivity contribution >= 4 is 5.69 Å². The second-order valence-electron chi connectivity index (χ2n) is 4.28. The smallest absolute Gasteiger partial charge is 0.416 e. The summed E-state index contributed by atoms with van der Waals surface area (Å²) in [5.74, 6) is 0.165. The number of benzene rings is 1. The molecule has 0 aliphatic carbocycles. The largest absolute Gasteiger partial charge is 0.472 e. The van der Waals surface area contributed by atoms with Gasteiger partial charge in [-0.25, -0.2) is 0 Å². The van der Waals surface area contributed by atoms with E-state index in [-0.39, 0.29) is 23.0 Å². The van der Waals surface area contributed by atoms with Gasteiger partial charge in [0.25, 0.3) is 5.89 Å². The third-order valence-electron chi connectivity index (χ3n) is 2.74. The van der Waals surface area contributed by atoms with Crippen LogP contribution in [0.2, 0.25) is 0 Å². The van der Waals surface area contributed by atoms with Crippen LogP contribution in [0.4, 0.5) is 18.9 Å². The van der Waals surface area contributed by atoms with Crippen LogP contribution in [-0.4, -0.2) is 10.1 Å². The second kappa shape index (κ2) is 4.65. The fraction of sp³-hybridized carbons (Fsp3) is 0.0769. The van der Waals surface area contributed by atoms with Crippen molar-refractivity contribution in [3.05, 3.63) is 42.4 Å². The SMILES string of the molecule is Nc1cc(-c2nc(-c3ccoc3)no2)cc(C(F)(F)F)c1. The Balaban J connectivity index is 2.03. The summed E-state index contributed by atoms with van der Waals surface area (Å²) in [7, 11) is 0. The molecular weight excluding hydrogens is 287 g/mol. The number of nitrogen functional groups attached to an aromatic ring is 1. The zero-order chi connectivity index (χ0) is 15.0. The molecular formula is C13H8F3N3O2. The Morgan fingerprint density at radius 2 is 1.90 bits per heavy atom. The Bertz CT molecular complexity index is 763. The van der Waals surface area contributed by atoms with Gasteiger partial charge in [-0.2, -0.15) is 18.2 Å². The standard InChI is InChI=1S/C13H8F3N3O2/c14-13(15,16)9-3-8(4-10(17)5-9)12-18-11(19-21-12)7-1-2-20-6-7/h1-6H,17H2. The van der Waals surface area contributed by atoms with Crippen molar-refractivity contribution in [2.75, 3.05) is 5.73 Å². The lowest BCUT2D eigenvalue weighted by Gasteiger charge is -2.08. The maximum atomic E-state index is 12.8. The lowest BCUT2D eigenvalue weighted by Crippen LogP contribution is -2.06. The molecule has 0 saturated carbocycles. The molecule has 0 saturated heterocycles. The summed E-state index contributed by atoms with van der Waals surface area (Å²) in [6, 6.07) is 4.69. The minimum atomic E-state index is -4.50. The molecule has 2 heterocycles. The number of aromatic nitrogens is 2. The summed E-state index contributed by atoms with van der Waals surface area (Å²) in [5, 5.41) is 3.69. The maximum Gasteiger partial charge on any atom is 0.416 e. The predicted octanol–water partition coefficient (Wildman–Crippen LogP) is 3.60. The molecule has 0 aliphatic heterocycles. The lowest BCUT2D eigenvalue weighted by molar-refractivity contribution is -0.137. The highest BCUT2D eigenvalue weighted by atomic mass is 19.4. The van der Waals surface area contributed by atoms with Crippen LogP contribution in [-0.2, 0) is 6.18 Å². The molecule has 0 fully saturated rings. The van der Waals surface area contributed by atoms with Crippen molar-refractivity contribution in [1.82, 2.24) is 10.1 Å². The Morgan fingerprint density at radius 1 is 1.10 bits per heavy atom. The van der Waals surface area contributed by atoms with Gasteiger partial charge in [-0.05, 0) is 24.3 Å². The van der Waals surface area contributed by atoms with Crippen LogP contribution in [0, 0.1) is 0 Å². The molecule has 3 aromatic rings. The van der Waals surface area contributed by atoms with E-state index < -0.39 is 11.7 Å². The van der Waals surface area contributed by atoms with Crippen LogP contribution >= 0.6 is 0 Å². The number of anilines is 1. The Kier molecular flexibility index (Phi) is 2.93. The number of rotatable bonds is 2. The van der Waals surface area contributed by atoms with E-state index in [1.165, 1.54) is 18.6 Å². The summed E-state index contributed by atoms with van der Waals surface area (Å²) >= 11 is 0. The van der Waals surface area contributed by atoms with Gasteiger partial charge in [0.15, 0.2) is 0 Å². The molecule has 0 aliphatic rings. The number of hydrogen-bond acceptors (Lipinski definition) is 5. The molecule has 0 amide bonds. The van der Waals surface area contributed by atoms with E-state index in [2.05, 4.69) is 10.1 Å². The predicted molar refractivity (Wildman–Crippen MR) is 66.9 cm³/mol. The summed E-state index contributed by atoms with van der Waals surface area (Å²) in [6.45, 7) is 0. The van der Waals surface area contributed by atoms with E-state index >= 15 is 0 Å². The summed E-state index contributed by atoms with van der Waals surface area (Å²) in [5.41, 5.74) is 5.24. The summed E-state index contributed by atoms with van der Waals surface area (Å²) in [6.07, 6.45) is -1.68. The first-order valence-electron chi connectivity index (χ1n) is 5.78. The maximum absolute atomic E-state index is 12.8. The minimum absolute atomic E-state index is 0.0390.